The van der Waals surface area contributed by atoms with E-state index in [0.717, 1.165) is 24.1 Å². The first-order chi connectivity index (χ1) is 9.66. The summed E-state index contributed by atoms with van der Waals surface area (Å²) in [5.41, 5.74) is -1.06. The standard InChI is InChI=1S/C12H9F3N2O2S2/c1-21(18,19)9-4-2-8(3-5-9)20-11-7-6-10(16-17-11)12(13,14)15/h2-7H,1H3. The van der Waals surface area contributed by atoms with E-state index in [2.05, 4.69) is 10.2 Å². The number of hydrogen-bond acceptors (Lipinski definition) is 5. The van der Waals surface area contributed by atoms with Crippen molar-refractivity contribution in [3.63, 3.8) is 0 Å². The van der Waals surface area contributed by atoms with E-state index in [4.69, 9.17) is 0 Å². The van der Waals surface area contributed by atoms with Crippen LogP contribution in [0.5, 0.6) is 0 Å². The molecule has 0 radical (unpaired) electrons. The van der Waals surface area contributed by atoms with Gasteiger partial charge < -0.3 is 0 Å². The van der Waals surface area contributed by atoms with Crippen LogP contribution in [0, 0.1) is 0 Å². The zero-order valence-electron chi connectivity index (χ0n) is 10.6. The van der Waals surface area contributed by atoms with Crippen LogP contribution in [0.3, 0.4) is 0 Å². The van der Waals surface area contributed by atoms with Gasteiger partial charge in [0.15, 0.2) is 15.5 Å². The van der Waals surface area contributed by atoms with Gasteiger partial charge in [0.05, 0.1) is 4.90 Å². The van der Waals surface area contributed by atoms with Crippen LogP contribution >= 0.6 is 11.8 Å². The number of aromatic nitrogens is 2. The SMILES string of the molecule is CS(=O)(=O)c1ccc(Sc2ccc(C(F)(F)F)nn2)cc1. The maximum absolute atomic E-state index is 12.3. The van der Waals surface area contributed by atoms with Crippen molar-refractivity contribution in [2.45, 2.75) is 21.0 Å². The van der Waals surface area contributed by atoms with Crippen molar-refractivity contribution in [3.05, 3.63) is 42.1 Å². The molecule has 0 aliphatic rings. The minimum absolute atomic E-state index is 0.172. The smallest absolute Gasteiger partial charge is 0.224 e. The van der Waals surface area contributed by atoms with E-state index in [0.29, 0.717) is 4.90 Å². The molecule has 1 aromatic carbocycles. The van der Waals surface area contributed by atoms with Crippen molar-refractivity contribution in [1.29, 1.82) is 0 Å². The Morgan fingerprint density at radius 3 is 2.05 bits per heavy atom. The van der Waals surface area contributed by atoms with Crippen LogP contribution in [0.1, 0.15) is 5.69 Å². The molecule has 0 saturated carbocycles. The van der Waals surface area contributed by atoms with E-state index in [1.165, 1.54) is 18.2 Å². The Morgan fingerprint density at radius 2 is 1.62 bits per heavy atom. The lowest BCUT2D eigenvalue weighted by Crippen LogP contribution is -2.08. The predicted molar refractivity (Wildman–Crippen MR) is 70.7 cm³/mol. The second kappa shape index (κ2) is 5.64. The molecule has 0 aliphatic heterocycles. The quantitative estimate of drug-likeness (QED) is 0.863. The molecule has 1 heterocycles. The fourth-order valence-electron chi connectivity index (χ4n) is 1.40. The number of hydrogen-bond donors (Lipinski definition) is 0. The topological polar surface area (TPSA) is 59.9 Å². The molecule has 0 fully saturated rings. The van der Waals surface area contributed by atoms with Crippen LogP contribution in [-0.2, 0) is 16.0 Å². The summed E-state index contributed by atoms with van der Waals surface area (Å²) in [6.07, 6.45) is -3.43. The van der Waals surface area contributed by atoms with Crippen LogP contribution in [0.25, 0.3) is 0 Å². The first-order valence-corrected chi connectivity index (χ1v) is 8.26. The van der Waals surface area contributed by atoms with Gasteiger partial charge >= 0.3 is 6.18 Å². The predicted octanol–water partition coefficient (Wildman–Crippen LogP) is 3.05. The summed E-state index contributed by atoms with van der Waals surface area (Å²) in [7, 11) is -3.28. The summed E-state index contributed by atoms with van der Waals surface area (Å²) in [6, 6.07) is 8.02. The van der Waals surface area contributed by atoms with Crippen LogP contribution in [0.4, 0.5) is 13.2 Å². The minimum Gasteiger partial charge on any atom is -0.224 e. The van der Waals surface area contributed by atoms with Gasteiger partial charge in [-0.3, -0.25) is 0 Å². The van der Waals surface area contributed by atoms with Crippen molar-refractivity contribution >= 4 is 21.6 Å². The number of sulfone groups is 1. The van der Waals surface area contributed by atoms with Gasteiger partial charge in [-0.2, -0.15) is 13.2 Å². The highest BCUT2D eigenvalue weighted by Crippen LogP contribution is 2.30. The molecule has 0 aliphatic carbocycles. The van der Waals surface area contributed by atoms with Crippen molar-refractivity contribution < 1.29 is 21.6 Å². The maximum Gasteiger partial charge on any atom is 0.435 e. The lowest BCUT2D eigenvalue weighted by Gasteiger charge is -2.05. The average molecular weight is 334 g/mol. The molecule has 2 rings (SSSR count). The van der Waals surface area contributed by atoms with Gasteiger partial charge in [0.2, 0.25) is 0 Å². The van der Waals surface area contributed by atoms with E-state index >= 15 is 0 Å². The fourth-order valence-corrected chi connectivity index (χ4v) is 2.76. The fraction of sp³-hybridized carbons (Fsp3) is 0.167. The average Bonchev–Trinajstić information content (AvgIpc) is 2.38. The molecule has 21 heavy (non-hydrogen) atoms. The summed E-state index contributed by atoms with van der Waals surface area (Å²) >= 11 is 1.09. The third kappa shape index (κ3) is 4.18. The summed E-state index contributed by atoms with van der Waals surface area (Å²) in [5.74, 6) is 0. The van der Waals surface area contributed by atoms with E-state index in [1.807, 2.05) is 0 Å². The molecule has 0 spiro atoms. The lowest BCUT2D eigenvalue weighted by molar-refractivity contribution is -0.141. The number of nitrogens with zero attached hydrogens (tertiary/aromatic N) is 2. The molecule has 2 aromatic rings. The Hall–Kier alpha value is -1.61. The summed E-state index contributed by atoms with van der Waals surface area (Å²) in [4.78, 5) is 0.821. The minimum atomic E-state index is -4.52. The highest BCUT2D eigenvalue weighted by atomic mass is 32.2. The second-order valence-electron chi connectivity index (χ2n) is 4.10. The molecular formula is C12H9F3N2O2S2. The monoisotopic (exact) mass is 334 g/mol. The van der Waals surface area contributed by atoms with Gasteiger partial charge in [-0.15, -0.1) is 10.2 Å². The van der Waals surface area contributed by atoms with Gasteiger partial charge in [0, 0.05) is 11.2 Å². The Kier molecular flexibility index (Phi) is 4.24. The highest BCUT2D eigenvalue weighted by molar-refractivity contribution is 7.99. The van der Waals surface area contributed by atoms with Crippen molar-refractivity contribution in [2.24, 2.45) is 0 Å². The van der Waals surface area contributed by atoms with Crippen LogP contribution in [0.15, 0.2) is 51.2 Å². The van der Waals surface area contributed by atoms with Crippen LogP contribution in [0.2, 0.25) is 0 Å². The number of benzene rings is 1. The van der Waals surface area contributed by atoms with Gasteiger partial charge in [-0.05, 0) is 36.4 Å². The Bertz CT molecular complexity index is 727. The molecule has 0 N–H and O–H groups in total. The molecule has 4 nitrogen and oxygen atoms in total. The molecule has 1 aromatic heterocycles. The third-order valence-corrected chi connectivity index (χ3v) is 4.47. The molecular weight excluding hydrogens is 325 g/mol. The molecule has 0 bridgehead atoms. The van der Waals surface area contributed by atoms with E-state index in [1.54, 1.807) is 12.1 Å². The van der Waals surface area contributed by atoms with Crippen molar-refractivity contribution in [2.75, 3.05) is 6.26 Å². The summed E-state index contributed by atoms with van der Waals surface area (Å²) in [6.45, 7) is 0. The molecule has 0 atom stereocenters. The zero-order chi connectivity index (χ0) is 15.7. The number of rotatable bonds is 3. The van der Waals surface area contributed by atoms with Crippen LogP contribution in [-0.4, -0.2) is 24.9 Å². The first kappa shape index (κ1) is 15.8. The van der Waals surface area contributed by atoms with Gasteiger partial charge in [-0.1, -0.05) is 11.8 Å². The third-order valence-electron chi connectivity index (χ3n) is 2.40. The zero-order valence-corrected chi connectivity index (χ0v) is 12.3. The van der Waals surface area contributed by atoms with Gasteiger partial charge in [0.25, 0.3) is 0 Å². The molecule has 112 valence electrons. The van der Waals surface area contributed by atoms with Crippen molar-refractivity contribution in [1.82, 2.24) is 10.2 Å². The van der Waals surface area contributed by atoms with Crippen molar-refractivity contribution in [3.8, 4) is 0 Å². The normalized spacial score (nSPS) is 12.4. The second-order valence-corrected chi connectivity index (χ2v) is 7.21. The highest BCUT2D eigenvalue weighted by Gasteiger charge is 2.32. The van der Waals surface area contributed by atoms with Gasteiger partial charge in [0.1, 0.15) is 5.03 Å². The Labute approximate surface area is 123 Å². The molecule has 0 amide bonds. The molecule has 0 saturated heterocycles. The summed E-state index contributed by atoms with van der Waals surface area (Å²) in [5, 5.41) is 6.88. The van der Waals surface area contributed by atoms with Gasteiger partial charge in [-0.25, -0.2) is 8.42 Å². The molecule has 0 unspecified atom stereocenters. The Balaban J connectivity index is 2.15. The largest absolute Gasteiger partial charge is 0.435 e. The van der Waals surface area contributed by atoms with E-state index in [9.17, 15) is 21.6 Å². The first-order valence-electron chi connectivity index (χ1n) is 5.55. The molecule has 9 heteroatoms. The number of alkyl halides is 3. The van der Waals surface area contributed by atoms with E-state index < -0.39 is 21.7 Å². The van der Waals surface area contributed by atoms with Crippen LogP contribution < -0.4 is 0 Å². The lowest BCUT2D eigenvalue weighted by atomic mass is 10.4. The maximum atomic E-state index is 12.3. The van der Waals surface area contributed by atoms with E-state index in [-0.39, 0.29) is 9.92 Å². The number of halogens is 3. The Morgan fingerprint density at radius 1 is 1.00 bits per heavy atom. The summed E-state index contributed by atoms with van der Waals surface area (Å²) < 4.78 is 59.6.